The summed E-state index contributed by atoms with van der Waals surface area (Å²) in [5, 5.41) is 2.73. The number of methoxy groups -OCH3 is 1. The van der Waals surface area contributed by atoms with E-state index in [1.807, 2.05) is 0 Å². The number of benzene rings is 3. The summed E-state index contributed by atoms with van der Waals surface area (Å²) >= 11 is 0. The third-order valence-electron chi connectivity index (χ3n) is 4.70. The molecule has 0 bridgehead atoms. The molecule has 0 aliphatic rings. The third-order valence-corrected chi connectivity index (χ3v) is 4.70. The standard InChI is InChI=1S/C26H22F3NO5/c1-17(31)35-24-14-18(10-12-23(24)33-2)11-13-25(32)30-22-9-4-3-6-19(22)16-34-21-8-5-7-20(15-21)26(27,28)29/h3-15H,16H2,1-2H3,(H,30,32)/b13-11+. The molecule has 182 valence electrons. The van der Waals surface area contributed by atoms with Gasteiger partial charge in [-0.15, -0.1) is 0 Å². The SMILES string of the molecule is COc1ccc(/C=C/C(=O)Nc2ccccc2COc2cccc(C(F)(F)F)c2)cc1OC(C)=O. The Morgan fingerprint density at radius 3 is 2.46 bits per heavy atom. The lowest BCUT2D eigenvalue weighted by Crippen LogP contribution is -2.11. The van der Waals surface area contributed by atoms with E-state index in [1.165, 1.54) is 38.3 Å². The minimum atomic E-state index is -4.47. The van der Waals surface area contributed by atoms with Gasteiger partial charge in [0.2, 0.25) is 5.91 Å². The summed E-state index contributed by atoms with van der Waals surface area (Å²) in [6.45, 7) is 1.22. The van der Waals surface area contributed by atoms with Crippen LogP contribution in [0.15, 0.2) is 72.8 Å². The van der Waals surface area contributed by atoms with Gasteiger partial charge in [0.25, 0.3) is 0 Å². The van der Waals surface area contributed by atoms with Crippen LogP contribution in [0.3, 0.4) is 0 Å². The van der Waals surface area contributed by atoms with E-state index in [-0.39, 0.29) is 18.1 Å². The third kappa shape index (κ3) is 7.36. The molecule has 0 aromatic heterocycles. The average Bonchev–Trinajstić information content (AvgIpc) is 2.81. The Morgan fingerprint density at radius 2 is 1.74 bits per heavy atom. The van der Waals surface area contributed by atoms with Crippen LogP contribution in [0, 0.1) is 0 Å². The number of esters is 1. The van der Waals surface area contributed by atoms with Crippen molar-refractivity contribution in [3.63, 3.8) is 0 Å². The number of halogens is 3. The van der Waals surface area contributed by atoms with Crippen LogP contribution in [-0.4, -0.2) is 19.0 Å². The number of carbonyl (C=O) groups excluding carboxylic acids is 2. The highest BCUT2D eigenvalue weighted by atomic mass is 19.4. The van der Waals surface area contributed by atoms with Crippen LogP contribution in [-0.2, 0) is 22.4 Å². The van der Waals surface area contributed by atoms with Crippen LogP contribution in [0.2, 0.25) is 0 Å². The van der Waals surface area contributed by atoms with Gasteiger partial charge in [-0.05, 0) is 48.0 Å². The molecule has 35 heavy (non-hydrogen) atoms. The first-order valence-corrected chi connectivity index (χ1v) is 10.4. The van der Waals surface area contributed by atoms with Gasteiger partial charge in [0, 0.05) is 24.3 Å². The smallest absolute Gasteiger partial charge is 0.416 e. The van der Waals surface area contributed by atoms with Crippen molar-refractivity contribution in [1.29, 1.82) is 0 Å². The molecular formula is C26H22F3NO5. The molecule has 0 aliphatic heterocycles. The van der Waals surface area contributed by atoms with Gasteiger partial charge in [-0.1, -0.05) is 30.3 Å². The van der Waals surface area contributed by atoms with Crippen LogP contribution in [0.4, 0.5) is 18.9 Å². The number of carbonyl (C=O) groups is 2. The second-order valence-corrected chi connectivity index (χ2v) is 7.30. The zero-order chi connectivity index (χ0) is 25.4. The Bertz CT molecular complexity index is 1240. The predicted octanol–water partition coefficient (Wildman–Crippen LogP) is 5.87. The molecule has 0 heterocycles. The van der Waals surface area contributed by atoms with Crippen LogP contribution in [0.25, 0.3) is 6.08 Å². The number of hydrogen-bond acceptors (Lipinski definition) is 5. The van der Waals surface area contributed by atoms with Crippen molar-refractivity contribution in [1.82, 2.24) is 0 Å². The lowest BCUT2D eigenvalue weighted by atomic mass is 10.1. The molecule has 3 aromatic carbocycles. The molecule has 0 fully saturated rings. The van der Waals surface area contributed by atoms with E-state index in [0.717, 1.165) is 12.1 Å². The topological polar surface area (TPSA) is 73.9 Å². The normalized spacial score (nSPS) is 11.2. The molecule has 0 unspecified atom stereocenters. The quantitative estimate of drug-likeness (QED) is 0.245. The van der Waals surface area contributed by atoms with E-state index in [0.29, 0.717) is 22.6 Å². The summed E-state index contributed by atoms with van der Waals surface area (Å²) in [6, 6.07) is 16.2. The van der Waals surface area contributed by atoms with E-state index in [9.17, 15) is 22.8 Å². The summed E-state index contributed by atoms with van der Waals surface area (Å²) in [6.07, 6.45) is -1.65. The van der Waals surface area contributed by atoms with Gasteiger partial charge in [-0.25, -0.2) is 0 Å². The maximum atomic E-state index is 12.9. The Morgan fingerprint density at radius 1 is 0.971 bits per heavy atom. The fourth-order valence-electron chi connectivity index (χ4n) is 3.07. The van der Waals surface area contributed by atoms with Crippen molar-refractivity contribution < 1.29 is 37.0 Å². The van der Waals surface area contributed by atoms with E-state index >= 15 is 0 Å². The van der Waals surface area contributed by atoms with E-state index in [1.54, 1.807) is 42.5 Å². The van der Waals surface area contributed by atoms with Crippen molar-refractivity contribution in [2.24, 2.45) is 0 Å². The molecule has 3 rings (SSSR count). The first-order chi connectivity index (χ1) is 16.7. The Kier molecular flexibility index (Phi) is 8.14. The van der Waals surface area contributed by atoms with E-state index in [4.69, 9.17) is 14.2 Å². The van der Waals surface area contributed by atoms with Gasteiger partial charge in [-0.2, -0.15) is 13.2 Å². The first kappa shape index (κ1) is 25.4. The second-order valence-electron chi connectivity index (χ2n) is 7.30. The van der Waals surface area contributed by atoms with Crippen molar-refractivity contribution >= 4 is 23.6 Å². The van der Waals surface area contributed by atoms with Crippen molar-refractivity contribution in [2.75, 3.05) is 12.4 Å². The molecule has 9 heteroatoms. The average molecular weight is 485 g/mol. The molecule has 0 spiro atoms. The molecule has 6 nitrogen and oxygen atoms in total. The van der Waals surface area contributed by atoms with Crippen LogP contribution in [0.5, 0.6) is 17.2 Å². The molecule has 0 saturated heterocycles. The molecular weight excluding hydrogens is 463 g/mol. The zero-order valence-electron chi connectivity index (χ0n) is 18.9. The van der Waals surface area contributed by atoms with Crippen LogP contribution in [0.1, 0.15) is 23.6 Å². The highest BCUT2D eigenvalue weighted by Crippen LogP contribution is 2.32. The molecule has 0 radical (unpaired) electrons. The van der Waals surface area contributed by atoms with Gasteiger partial charge >= 0.3 is 12.1 Å². The van der Waals surface area contributed by atoms with Crippen LogP contribution < -0.4 is 19.5 Å². The first-order valence-electron chi connectivity index (χ1n) is 10.4. The minimum Gasteiger partial charge on any atom is -0.493 e. The summed E-state index contributed by atoms with van der Waals surface area (Å²) in [4.78, 5) is 23.8. The van der Waals surface area contributed by atoms with Crippen molar-refractivity contribution in [3.05, 3.63) is 89.5 Å². The maximum Gasteiger partial charge on any atom is 0.416 e. The maximum absolute atomic E-state index is 12.9. The van der Waals surface area contributed by atoms with Gasteiger partial charge in [0.15, 0.2) is 11.5 Å². The molecule has 0 saturated carbocycles. The van der Waals surface area contributed by atoms with Crippen molar-refractivity contribution in [2.45, 2.75) is 19.7 Å². The molecule has 0 aliphatic carbocycles. The lowest BCUT2D eigenvalue weighted by molar-refractivity contribution is -0.137. The number of nitrogens with one attached hydrogen (secondary N) is 1. The van der Waals surface area contributed by atoms with Crippen molar-refractivity contribution in [3.8, 4) is 17.2 Å². The van der Waals surface area contributed by atoms with Gasteiger partial charge < -0.3 is 19.5 Å². The predicted molar refractivity (Wildman–Crippen MR) is 124 cm³/mol. The second kappa shape index (κ2) is 11.2. The molecule has 3 aromatic rings. The van der Waals surface area contributed by atoms with Gasteiger partial charge in [0.1, 0.15) is 12.4 Å². The fraction of sp³-hybridized carbons (Fsp3) is 0.154. The summed E-state index contributed by atoms with van der Waals surface area (Å²) in [5.74, 6) is -0.299. The number of rotatable bonds is 8. The van der Waals surface area contributed by atoms with Gasteiger partial charge in [-0.3, -0.25) is 9.59 Å². The Balaban J connectivity index is 1.68. The lowest BCUT2D eigenvalue weighted by Gasteiger charge is -2.13. The highest BCUT2D eigenvalue weighted by molar-refractivity contribution is 6.02. The fourth-order valence-corrected chi connectivity index (χ4v) is 3.07. The van der Waals surface area contributed by atoms with Gasteiger partial charge in [0.05, 0.1) is 12.7 Å². The number of alkyl halides is 3. The number of ether oxygens (including phenoxy) is 3. The van der Waals surface area contributed by atoms with E-state index in [2.05, 4.69) is 5.32 Å². The van der Waals surface area contributed by atoms with E-state index < -0.39 is 23.6 Å². The molecule has 1 amide bonds. The number of anilines is 1. The minimum absolute atomic E-state index is 0.0499. The summed E-state index contributed by atoms with van der Waals surface area (Å²) < 4.78 is 54.5. The zero-order valence-corrected chi connectivity index (χ0v) is 18.9. The molecule has 0 atom stereocenters. The van der Waals surface area contributed by atoms with Crippen LogP contribution >= 0.6 is 0 Å². The summed E-state index contributed by atoms with van der Waals surface area (Å²) in [5.41, 5.74) is 0.813. The Labute approximate surface area is 199 Å². The highest BCUT2D eigenvalue weighted by Gasteiger charge is 2.30. The summed E-state index contributed by atoms with van der Waals surface area (Å²) in [7, 11) is 1.44. The number of para-hydroxylation sites is 1. The monoisotopic (exact) mass is 485 g/mol. The largest absolute Gasteiger partial charge is 0.493 e. The Hall–Kier alpha value is -4.27. The number of amides is 1. The number of hydrogen-bond donors (Lipinski definition) is 1. The molecule has 1 N–H and O–H groups in total.